The topological polar surface area (TPSA) is 53.3 Å². The number of anilines is 1. The Bertz CT molecular complexity index is 992. The van der Waals surface area contributed by atoms with Crippen molar-refractivity contribution in [1.29, 1.82) is 5.26 Å². The van der Waals surface area contributed by atoms with Crippen LogP contribution in [0.15, 0.2) is 60.7 Å². The number of nitriles is 1. The molecule has 0 unspecified atom stereocenters. The van der Waals surface area contributed by atoms with Crippen LogP contribution in [0, 0.1) is 17.1 Å². The van der Waals surface area contributed by atoms with E-state index in [1.54, 1.807) is 59.5 Å². The third-order valence-electron chi connectivity index (χ3n) is 4.11. The fourth-order valence-electron chi connectivity index (χ4n) is 2.79. The minimum absolute atomic E-state index is 0.213. The van der Waals surface area contributed by atoms with E-state index in [0.717, 1.165) is 5.75 Å². The van der Waals surface area contributed by atoms with Gasteiger partial charge in [-0.3, -0.25) is 4.79 Å². The van der Waals surface area contributed by atoms with E-state index in [1.165, 1.54) is 17.4 Å². The van der Waals surface area contributed by atoms with Crippen LogP contribution >= 0.6 is 11.3 Å². The fraction of sp³-hybridized carbons (Fsp3) is 0.182. The molecule has 0 bridgehead atoms. The molecule has 0 spiro atoms. The molecule has 0 aliphatic carbocycles. The molecule has 0 fully saturated rings. The summed E-state index contributed by atoms with van der Waals surface area (Å²) in [6.45, 7) is 2.74. The second-order valence-corrected chi connectivity index (χ2v) is 7.02. The molecule has 1 aromatic heterocycles. The van der Waals surface area contributed by atoms with Gasteiger partial charge in [-0.15, -0.1) is 11.3 Å². The highest BCUT2D eigenvalue weighted by Crippen LogP contribution is 2.31. The van der Waals surface area contributed by atoms with Crippen LogP contribution in [0.3, 0.4) is 0 Å². The van der Waals surface area contributed by atoms with E-state index >= 15 is 0 Å². The largest absolute Gasteiger partial charge is 0.494 e. The number of benzene rings is 2. The lowest BCUT2D eigenvalue weighted by molar-refractivity contribution is 0.0991. The fourth-order valence-corrected chi connectivity index (χ4v) is 3.77. The Labute approximate surface area is 167 Å². The number of hydrogen-bond acceptors (Lipinski definition) is 4. The second kappa shape index (κ2) is 9.16. The summed E-state index contributed by atoms with van der Waals surface area (Å²) in [5, 5.41) is 8.96. The van der Waals surface area contributed by atoms with E-state index in [2.05, 4.69) is 6.07 Å². The first-order valence-electron chi connectivity index (χ1n) is 8.90. The normalized spacial score (nSPS) is 10.3. The molecule has 28 heavy (non-hydrogen) atoms. The second-order valence-electron chi connectivity index (χ2n) is 5.94. The average Bonchev–Trinajstić information content (AvgIpc) is 3.20. The van der Waals surface area contributed by atoms with Crippen molar-refractivity contribution in [3.8, 4) is 22.3 Å². The Morgan fingerprint density at radius 2 is 1.89 bits per heavy atom. The summed E-state index contributed by atoms with van der Waals surface area (Å²) >= 11 is 1.24. The Balaban J connectivity index is 1.88. The van der Waals surface area contributed by atoms with Gasteiger partial charge in [0.05, 0.1) is 24.0 Å². The monoisotopic (exact) mass is 394 g/mol. The van der Waals surface area contributed by atoms with Crippen LogP contribution < -0.4 is 9.64 Å². The van der Waals surface area contributed by atoms with Gasteiger partial charge in [-0.25, -0.2) is 4.39 Å². The SMILES string of the molecule is CCOc1ccc(N(CCC#N)C(=O)c2ccc(-c3ccccc3F)s2)cc1. The molecule has 0 saturated carbocycles. The first kappa shape index (κ1) is 19.6. The van der Waals surface area contributed by atoms with Crippen LogP contribution in [0.25, 0.3) is 10.4 Å². The van der Waals surface area contributed by atoms with Crippen LogP contribution in [0.1, 0.15) is 23.0 Å². The van der Waals surface area contributed by atoms with E-state index in [0.29, 0.717) is 27.6 Å². The molecule has 0 radical (unpaired) electrons. The summed E-state index contributed by atoms with van der Waals surface area (Å²) in [4.78, 5) is 15.8. The molecule has 1 amide bonds. The van der Waals surface area contributed by atoms with Gasteiger partial charge in [0.15, 0.2) is 0 Å². The zero-order valence-electron chi connectivity index (χ0n) is 15.4. The number of rotatable bonds is 7. The Morgan fingerprint density at radius 3 is 2.57 bits per heavy atom. The molecule has 2 aromatic carbocycles. The molecule has 6 heteroatoms. The predicted octanol–water partition coefficient (Wildman–Crippen LogP) is 5.51. The molecule has 0 saturated heterocycles. The molecular weight excluding hydrogens is 375 g/mol. The molecule has 0 N–H and O–H groups in total. The highest BCUT2D eigenvalue weighted by molar-refractivity contribution is 7.17. The van der Waals surface area contributed by atoms with Gasteiger partial charge in [0.25, 0.3) is 5.91 Å². The number of amides is 1. The molecule has 0 atom stereocenters. The van der Waals surface area contributed by atoms with Gasteiger partial charge in [-0.2, -0.15) is 5.26 Å². The van der Waals surface area contributed by atoms with Gasteiger partial charge in [-0.05, 0) is 49.4 Å². The summed E-state index contributed by atoms with van der Waals surface area (Å²) in [7, 11) is 0. The number of carbonyl (C=O) groups excluding carboxylic acids is 1. The first-order valence-corrected chi connectivity index (χ1v) is 9.72. The maximum atomic E-state index is 14.0. The molecule has 3 aromatic rings. The highest BCUT2D eigenvalue weighted by atomic mass is 32.1. The van der Waals surface area contributed by atoms with Crippen LogP contribution in [0.2, 0.25) is 0 Å². The molecule has 0 aliphatic rings. The van der Waals surface area contributed by atoms with Crippen molar-refractivity contribution in [3.63, 3.8) is 0 Å². The van der Waals surface area contributed by atoms with Gasteiger partial charge in [0.2, 0.25) is 0 Å². The van der Waals surface area contributed by atoms with Crippen molar-refractivity contribution in [1.82, 2.24) is 0 Å². The number of ether oxygens (including phenoxy) is 1. The average molecular weight is 394 g/mol. The number of nitrogens with zero attached hydrogens (tertiary/aromatic N) is 2. The van der Waals surface area contributed by atoms with Gasteiger partial charge >= 0.3 is 0 Å². The highest BCUT2D eigenvalue weighted by Gasteiger charge is 2.20. The minimum Gasteiger partial charge on any atom is -0.494 e. The van der Waals surface area contributed by atoms with Crippen LogP contribution in [-0.4, -0.2) is 19.1 Å². The molecule has 4 nitrogen and oxygen atoms in total. The number of hydrogen-bond donors (Lipinski definition) is 0. The van der Waals surface area contributed by atoms with Crippen molar-refractivity contribution >= 4 is 22.9 Å². The van der Waals surface area contributed by atoms with E-state index in [1.807, 2.05) is 6.92 Å². The van der Waals surface area contributed by atoms with E-state index in [-0.39, 0.29) is 24.7 Å². The number of halogens is 1. The van der Waals surface area contributed by atoms with Gasteiger partial charge in [-0.1, -0.05) is 18.2 Å². The maximum absolute atomic E-state index is 14.0. The van der Waals surface area contributed by atoms with Gasteiger partial charge in [0.1, 0.15) is 11.6 Å². The predicted molar refractivity (Wildman–Crippen MR) is 109 cm³/mol. The summed E-state index contributed by atoms with van der Waals surface area (Å²) < 4.78 is 19.5. The quantitative estimate of drug-likeness (QED) is 0.531. The standard InChI is InChI=1S/C22H19FN2O2S/c1-2-27-17-10-8-16(9-11-17)25(15-5-14-24)22(26)21-13-12-20(28-21)18-6-3-4-7-19(18)23/h3-4,6-13H,2,5,15H2,1H3. The zero-order chi connectivity index (χ0) is 19.9. The summed E-state index contributed by atoms with van der Waals surface area (Å²) in [5.74, 6) is 0.181. The van der Waals surface area contributed by atoms with E-state index in [4.69, 9.17) is 10.00 Å². The third kappa shape index (κ3) is 4.38. The lowest BCUT2D eigenvalue weighted by atomic mass is 10.2. The number of thiophene rings is 1. The maximum Gasteiger partial charge on any atom is 0.268 e. The van der Waals surface area contributed by atoms with Gasteiger partial charge < -0.3 is 9.64 Å². The molecule has 0 aliphatic heterocycles. The summed E-state index contributed by atoms with van der Waals surface area (Å²) in [6, 6.07) is 19.2. The Morgan fingerprint density at radius 1 is 1.14 bits per heavy atom. The summed E-state index contributed by atoms with van der Waals surface area (Å²) in [5.41, 5.74) is 1.15. The van der Waals surface area contributed by atoms with Gasteiger partial charge in [0, 0.05) is 22.7 Å². The molecule has 3 rings (SSSR count). The van der Waals surface area contributed by atoms with Crippen LogP contribution in [0.4, 0.5) is 10.1 Å². The smallest absolute Gasteiger partial charge is 0.268 e. The Hall–Kier alpha value is -3.17. The first-order chi connectivity index (χ1) is 13.6. The summed E-state index contributed by atoms with van der Waals surface area (Å²) in [6.07, 6.45) is 0.213. The van der Waals surface area contributed by atoms with Crippen molar-refractivity contribution in [2.45, 2.75) is 13.3 Å². The van der Waals surface area contributed by atoms with Crippen LogP contribution in [-0.2, 0) is 0 Å². The molecular formula is C22H19FN2O2S. The lowest BCUT2D eigenvalue weighted by Gasteiger charge is -2.21. The lowest BCUT2D eigenvalue weighted by Crippen LogP contribution is -2.31. The third-order valence-corrected chi connectivity index (χ3v) is 5.21. The number of carbonyl (C=O) groups is 1. The molecule has 142 valence electrons. The Kier molecular flexibility index (Phi) is 6.41. The minimum atomic E-state index is -0.323. The van der Waals surface area contributed by atoms with Crippen molar-refractivity contribution in [2.75, 3.05) is 18.1 Å². The van der Waals surface area contributed by atoms with Crippen molar-refractivity contribution in [2.24, 2.45) is 0 Å². The van der Waals surface area contributed by atoms with Crippen molar-refractivity contribution < 1.29 is 13.9 Å². The zero-order valence-corrected chi connectivity index (χ0v) is 16.2. The van der Waals surface area contributed by atoms with Crippen LogP contribution in [0.5, 0.6) is 5.75 Å². The van der Waals surface area contributed by atoms with Crippen molar-refractivity contribution in [3.05, 3.63) is 71.4 Å². The van der Waals surface area contributed by atoms with E-state index in [9.17, 15) is 9.18 Å². The molecule has 1 heterocycles. The van der Waals surface area contributed by atoms with E-state index < -0.39 is 0 Å².